The van der Waals surface area contributed by atoms with E-state index < -0.39 is 6.10 Å². The summed E-state index contributed by atoms with van der Waals surface area (Å²) in [6.07, 6.45) is 74.7. The quantitative estimate of drug-likeness (QED) is 0.0201. The van der Waals surface area contributed by atoms with Crippen LogP contribution in [0.3, 0.4) is 0 Å². The molecule has 0 aromatic carbocycles. The number of ether oxygens (including phenoxy) is 3. The molecule has 0 saturated heterocycles. The van der Waals surface area contributed by atoms with Crippen molar-refractivity contribution in [2.75, 3.05) is 13.2 Å². The Kier molecular flexibility index (Phi) is 46.3. The van der Waals surface area contributed by atoms with Crippen molar-refractivity contribution >= 4 is 17.9 Å². The number of hydrogen-bond donors (Lipinski definition) is 0. The van der Waals surface area contributed by atoms with Crippen LogP contribution in [0, 0.1) is 0 Å². The van der Waals surface area contributed by atoms with Crippen molar-refractivity contribution in [3.63, 3.8) is 0 Å². The molecule has 0 radical (unpaired) electrons. The molecule has 0 fully saturated rings. The molecule has 0 aliphatic rings. The molecule has 1 unspecified atom stereocenters. The Morgan fingerprint density at radius 3 is 1.00 bits per heavy atom. The van der Waals surface area contributed by atoms with Gasteiger partial charge < -0.3 is 14.2 Å². The van der Waals surface area contributed by atoms with E-state index in [2.05, 4.69) is 57.2 Å². The molecule has 0 aromatic rings. The summed E-state index contributed by atoms with van der Waals surface area (Å²) in [6.45, 7) is 6.17. The minimum atomic E-state index is -0.833. The maximum atomic E-state index is 12.8. The molecule has 0 amide bonds. The Bertz CT molecular complexity index is 1570. The SMILES string of the molecule is CC\C=C/C=C\C=C/C=C\C=C\C=C/C=C\CCCCCC(=O)OCC(COC(=O)CCCCCC/C=C\CCCC)OC(=O)CCCCC\C=C/C=C/C=C\C=C/C=C\C=C/CC. The Hall–Kier alpha value is -5.23. The van der Waals surface area contributed by atoms with Crippen LogP contribution in [0.4, 0.5) is 0 Å². The van der Waals surface area contributed by atoms with Gasteiger partial charge in [0, 0.05) is 19.3 Å². The molecule has 352 valence electrons. The number of rotatable bonds is 40. The largest absolute Gasteiger partial charge is 0.462 e. The first-order valence-corrected chi connectivity index (χ1v) is 24.3. The Labute approximate surface area is 390 Å². The second-order valence-electron chi connectivity index (χ2n) is 15.2. The van der Waals surface area contributed by atoms with Crippen LogP contribution in [0.2, 0.25) is 0 Å². The molecule has 64 heavy (non-hydrogen) atoms. The van der Waals surface area contributed by atoms with Gasteiger partial charge in [-0.3, -0.25) is 14.4 Å². The van der Waals surface area contributed by atoms with Gasteiger partial charge in [0.2, 0.25) is 0 Å². The first-order valence-electron chi connectivity index (χ1n) is 24.3. The summed E-state index contributed by atoms with van der Waals surface area (Å²) >= 11 is 0. The van der Waals surface area contributed by atoms with E-state index in [0.717, 1.165) is 89.9 Å². The van der Waals surface area contributed by atoms with Crippen molar-refractivity contribution < 1.29 is 28.6 Å². The second kappa shape index (κ2) is 50.4. The normalized spacial score (nSPS) is 13.6. The van der Waals surface area contributed by atoms with E-state index in [1.807, 2.05) is 134 Å². The molecule has 0 spiro atoms. The van der Waals surface area contributed by atoms with E-state index in [9.17, 15) is 14.4 Å². The van der Waals surface area contributed by atoms with Crippen molar-refractivity contribution in [3.8, 4) is 0 Å². The molecule has 0 bridgehead atoms. The third-order valence-electron chi connectivity index (χ3n) is 9.29. The van der Waals surface area contributed by atoms with Crippen molar-refractivity contribution in [1.29, 1.82) is 0 Å². The van der Waals surface area contributed by atoms with E-state index in [4.69, 9.17) is 14.2 Å². The fraction of sp³-hybridized carbons (Fsp3) is 0.466. The highest BCUT2D eigenvalue weighted by atomic mass is 16.6. The third-order valence-corrected chi connectivity index (χ3v) is 9.29. The molecule has 0 aromatic heterocycles. The van der Waals surface area contributed by atoms with E-state index in [1.165, 1.54) is 12.8 Å². The number of carbonyl (C=O) groups excluding carboxylic acids is 3. The van der Waals surface area contributed by atoms with E-state index >= 15 is 0 Å². The molecule has 0 aliphatic heterocycles. The van der Waals surface area contributed by atoms with Gasteiger partial charge in [-0.1, -0.05) is 229 Å². The lowest BCUT2D eigenvalue weighted by molar-refractivity contribution is -0.167. The number of carbonyl (C=O) groups is 3. The summed E-state index contributed by atoms with van der Waals surface area (Å²) in [5.41, 5.74) is 0. The lowest BCUT2D eigenvalue weighted by Gasteiger charge is -2.18. The van der Waals surface area contributed by atoms with Gasteiger partial charge in [0.25, 0.3) is 0 Å². The van der Waals surface area contributed by atoms with Gasteiger partial charge in [0.1, 0.15) is 13.2 Å². The van der Waals surface area contributed by atoms with Gasteiger partial charge in [-0.2, -0.15) is 0 Å². The van der Waals surface area contributed by atoms with Crippen LogP contribution in [0.5, 0.6) is 0 Å². The van der Waals surface area contributed by atoms with Crippen LogP contribution in [-0.2, 0) is 28.6 Å². The summed E-state index contributed by atoms with van der Waals surface area (Å²) in [4.78, 5) is 37.9. The fourth-order valence-corrected chi connectivity index (χ4v) is 5.67. The molecule has 6 nitrogen and oxygen atoms in total. The molecule has 0 heterocycles. The second-order valence-corrected chi connectivity index (χ2v) is 15.2. The third kappa shape index (κ3) is 47.8. The van der Waals surface area contributed by atoms with Gasteiger partial charge in [0.05, 0.1) is 0 Å². The van der Waals surface area contributed by atoms with Crippen molar-refractivity contribution in [3.05, 3.63) is 170 Å². The topological polar surface area (TPSA) is 78.9 Å². The first kappa shape index (κ1) is 58.8. The lowest BCUT2D eigenvalue weighted by atomic mass is 10.1. The predicted octanol–water partition coefficient (Wildman–Crippen LogP) is 16.0. The van der Waals surface area contributed by atoms with Gasteiger partial charge in [-0.25, -0.2) is 0 Å². The monoisotopic (exact) mass is 877 g/mol. The lowest BCUT2D eigenvalue weighted by Crippen LogP contribution is -2.30. The van der Waals surface area contributed by atoms with E-state index in [1.54, 1.807) is 0 Å². The van der Waals surface area contributed by atoms with Crippen LogP contribution in [-0.4, -0.2) is 37.2 Å². The number of hydrogen-bond acceptors (Lipinski definition) is 6. The molecule has 6 heteroatoms. The minimum absolute atomic E-state index is 0.127. The standard InChI is InChI=1S/C58H84O6/c1-4-7-10-13-16-19-22-24-26-28-29-31-32-34-36-39-42-45-48-51-57(60)63-54-55(53-62-56(59)50-47-44-41-38-21-18-15-12-9-6-3)64-58(61)52-49-46-43-40-37-35-33-30-27-25-23-20-17-14-11-8-5-2/h7-8,10-11,13-20,22-37,55H,4-6,9,12,21,38-54H2,1-3H3/b10-7-,11-8-,16-13-,17-14-,18-15-,22-19-,23-20-,26-24-,27-25-,29-28+,32-31-,33-30+,36-34-,37-35-. The maximum absolute atomic E-state index is 12.8. The zero-order chi connectivity index (χ0) is 46.5. The number of allylic oxidation sites excluding steroid dienone is 28. The number of unbranched alkanes of at least 4 members (excludes halogenated alkanes) is 12. The first-order chi connectivity index (χ1) is 31.5. The highest BCUT2D eigenvalue weighted by molar-refractivity contribution is 5.71. The van der Waals surface area contributed by atoms with Crippen LogP contribution in [0.15, 0.2) is 170 Å². The zero-order valence-electron chi connectivity index (χ0n) is 40.0. The molecule has 1 atom stereocenters. The van der Waals surface area contributed by atoms with Crippen LogP contribution in [0.25, 0.3) is 0 Å². The van der Waals surface area contributed by atoms with Crippen molar-refractivity contribution in [2.24, 2.45) is 0 Å². The summed E-state index contributed by atoms with van der Waals surface area (Å²) in [5, 5.41) is 0. The fourth-order valence-electron chi connectivity index (χ4n) is 5.67. The Morgan fingerprint density at radius 2 is 0.625 bits per heavy atom. The maximum Gasteiger partial charge on any atom is 0.306 e. The van der Waals surface area contributed by atoms with E-state index in [-0.39, 0.29) is 44.0 Å². The van der Waals surface area contributed by atoms with Gasteiger partial charge in [0.15, 0.2) is 6.10 Å². The van der Waals surface area contributed by atoms with Gasteiger partial charge in [-0.05, 0) is 77.0 Å². The van der Waals surface area contributed by atoms with Crippen LogP contribution >= 0.6 is 0 Å². The molecular weight excluding hydrogens is 793 g/mol. The summed E-state index contributed by atoms with van der Waals surface area (Å²) in [7, 11) is 0. The predicted molar refractivity (Wildman–Crippen MR) is 274 cm³/mol. The smallest absolute Gasteiger partial charge is 0.306 e. The Morgan fingerprint density at radius 1 is 0.328 bits per heavy atom. The molecular formula is C58H84O6. The summed E-state index contributed by atoms with van der Waals surface area (Å²) in [5.74, 6) is -1.05. The van der Waals surface area contributed by atoms with Crippen molar-refractivity contribution in [1.82, 2.24) is 0 Å². The molecule has 0 saturated carbocycles. The zero-order valence-corrected chi connectivity index (χ0v) is 40.0. The molecule has 0 aliphatic carbocycles. The molecule has 0 rings (SSSR count). The van der Waals surface area contributed by atoms with E-state index in [0.29, 0.717) is 19.3 Å². The molecule has 0 N–H and O–H groups in total. The average molecular weight is 877 g/mol. The average Bonchev–Trinajstić information content (AvgIpc) is 3.29. The van der Waals surface area contributed by atoms with Crippen LogP contribution in [0.1, 0.15) is 156 Å². The van der Waals surface area contributed by atoms with Crippen LogP contribution < -0.4 is 0 Å². The van der Waals surface area contributed by atoms with Gasteiger partial charge in [-0.15, -0.1) is 0 Å². The van der Waals surface area contributed by atoms with Crippen molar-refractivity contribution in [2.45, 2.75) is 162 Å². The van der Waals surface area contributed by atoms with Gasteiger partial charge >= 0.3 is 17.9 Å². The highest BCUT2D eigenvalue weighted by Crippen LogP contribution is 2.11. The highest BCUT2D eigenvalue weighted by Gasteiger charge is 2.19. The minimum Gasteiger partial charge on any atom is -0.462 e. The Balaban J connectivity index is 4.63. The number of esters is 3. The summed E-state index contributed by atoms with van der Waals surface area (Å²) < 4.78 is 16.7. The summed E-state index contributed by atoms with van der Waals surface area (Å²) in [6, 6.07) is 0.